The maximum absolute atomic E-state index is 4.16. The van der Waals surface area contributed by atoms with Crippen molar-refractivity contribution < 1.29 is 0 Å². The van der Waals surface area contributed by atoms with Crippen LogP contribution in [0.3, 0.4) is 0 Å². The highest BCUT2D eigenvalue weighted by atomic mass is 15.1. The standard InChI is InChI=1S/C12H16N4/c1-10(2)16-9-14-7-12(16)8-15-11-4-3-5-13-6-11/h3-7,9-10,15H,8H2,1-2H3. The number of hydrogen-bond donors (Lipinski definition) is 1. The van der Waals surface area contributed by atoms with Crippen LogP contribution in [-0.4, -0.2) is 14.5 Å². The van der Waals surface area contributed by atoms with Gasteiger partial charge in [0.25, 0.3) is 0 Å². The predicted octanol–water partition coefficient (Wildman–Crippen LogP) is 2.47. The molecule has 0 saturated heterocycles. The molecule has 0 bridgehead atoms. The first-order chi connectivity index (χ1) is 7.77. The zero-order chi connectivity index (χ0) is 11.4. The van der Waals surface area contributed by atoms with Crippen LogP contribution in [0.1, 0.15) is 25.6 Å². The van der Waals surface area contributed by atoms with E-state index in [1.807, 2.05) is 30.9 Å². The third-order valence-corrected chi connectivity index (χ3v) is 2.44. The number of nitrogens with zero attached hydrogens (tertiary/aromatic N) is 3. The van der Waals surface area contributed by atoms with Crippen LogP contribution in [0.4, 0.5) is 5.69 Å². The minimum absolute atomic E-state index is 0.438. The zero-order valence-corrected chi connectivity index (χ0v) is 9.59. The number of rotatable bonds is 4. The molecule has 0 atom stereocenters. The molecule has 0 radical (unpaired) electrons. The van der Waals surface area contributed by atoms with Gasteiger partial charge in [-0.1, -0.05) is 0 Å². The summed E-state index contributed by atoms with van der Waals surface area (Å²) in [5.74, 6) is 0. The van der Waals surface area contributed by atoms with Gasteiger partial charge in [-0.3, -0.25) is 4.98 Å². The summed E-state index contributed by atoms with van der Waals surface area (Å²) in [5, 5.41) is 3.32. The number of aromatic nitrogens is 3. The average Bonchev–Trinajstić information content (AvgIpc) is 2.76. The second-order valence-electron chi connectivity index (χ2n) is 3.98. The maximum atomic E-state index is 4.16. The molecule has 16 heavy (non-hydrogen) atoms. The van der Waals surface area contributed by atoms with Crippen LogP contribution in [0.5, 0.6) is 0 Å². The zero-order valence-electron chi connectivity index (χ0n) is 9.59. The summed E-state index contributed by atoms with van der Waals surface area (Å²) in [5.41, 5.74) is 2.21. The van der Waals surface area contributed by atoms with Gasteiger partial charge in [0, 0.05) is 24.6 Å². The third-order valence-electron chi connectivity index (χ3n) is 2.44. The van der Waals surface area contributed by atoms with Crippen molar-refractivity contribution in [3.63, 3.8) is 0 Å². The van der Waals surface area contributed by atoms with E-state index in [-0.39, 0.29) is 0 Å². The number of nitrogens with one attached hydrogen (secondary N) is 1. The van der Waals surface area contributed by atoms with Gasteiger partial charge in [0.1, 0.15) is 0 Å². The molecule has 0 spiro atoms. The van der Waals surface area contributed by atoms with Gasteiger partial charge < -0.3 is 9.88 Å². The van der Waals surface area contributed by atoms with E-state index in [2.05, 4.69) is 33.7 Å². The SMILES string of the molecule is CC(C)n1cncc1CNc1cccnc1. The highest BCUT2D eigenvalue weighted by molar-refractivity contribution is 5.39. The summed E-state index contributed by atoms with van der Waals surface area (Å²) in [6.45, 7) is 5.06. The molecule has 2 heterocycles. The number of anilines is 1. The van der Waals surface area contributed by atoms with Gasteiger partial charge in [0.2, 0.25) is 0 Å². The lowest BCUT2D eigenvalue weighted by atomic mass is 10.3. The molecular formula is C12H16N4. The Morgan fingerprint density at radius 3 is 2.88 bits per heavy atom. The molecule has 0 saturated carbocycles. The highest BCUT2D eigenvalue weighted by Gasteiger charge is 2.04. The summed E-state index contributed by atoms with van der Waals surface area (Å²) >= 11 is 0. The van der Waals surface area contributed by atoms with E-state index in [1.54, 1.807) is 6.20 Å². The van der Waals surface area contributed by atoms with Crippen molar-refractivity contribution >= 4 is 5.69 Å². The summed E-state index contributed by atoms with van der Waals surface area (Å²) in [6.07, 6.45) is 7.34. The van der Waals surface area contributed by atoms with Crippen LogP contribution in [0, 0.1) is 0 Å². The Kier molecular flexibility index (Phi) is 3.19. The molecular weight excluding hydrogens is 200 g/mol. The molecule has 4 heteroatoms. The van der Waals surface area contributed by atoms with Crippen LogP contribution < -0.4 is 5.32 Å². The Balaban J connectivity index is 2.02. The van der Waals surface area contributed by atoms with Gasteiger partial charge in [0.05, 0.1) is 24.3 Å². The van der Waals surface area contributed by atoms with Crippen LogP contribution in [0.15, 0.2) is 37.1 Å². The summed E-state index contributed by atoms with van der Waals surface area (Å²) in [4.78, 5) is 8.22. The van der Waals surface area contributed by atoms with E-state index in [4.69, 9.17) is 0 Å². The topological polar surface area (TPSA) is 42.7 Å². The van der Waals surface area contributed by atoms with Crippen LogP contribution >= 0.6 is 0 Å². The van der Waals surface area contributed by atoms with Gasteiger partial charge in [-0.25, -0.2) is 4.98 Å². The molecule has 0 unspecified atom stereocenters. The Hall–Kier alpha value is -1.84. The van der Waals surface area contributed by atoms with Crippen molar-refractivity contribution in [2.75, 3.05) is 5.32 Å². The van der Waals surface area contributed by atoms with E-state index in [1.165, 1.54) is 5.69 Å². The predicted molar refractivity (Wildman–Crippen MR) is 64.2 cm³/mol. The van der Waals surface area contributed by atoms with Gasteiger partial charge in [-0.05, 0) is 26.0 Å². The molecule has 0 aliphatic heterocycles. The highest BCUT2D eigenvalue weighted by Crippen LogP contribution is 2.11. The van der Waals surface area contributed by atoms with E-state index in [9.17, 15) is 0 Å². The Bertz CT molecular complexity index is 433. The third kappa shape index (κ3) is 2.39. The smallest absolute Gasteiger partial charge is 0.0951 e. The Labute approximate surface area is 95.4 Å². The molecule has 2 rings (SSSR count). The maximum Gasteiger partial charge on any atom is 0.0951 e. The molecule has 2 aromatic rings. The van der Waals surface area contributed by atoms with Gasteiger partial charge >= 0.3 is 0 Å². The minimum Gasteiger partial charge on any atom is -0.378 e. The summed E-state index contributed by atoms with van der Waals surface area (Å²) in [6, 6.07) is 4.36. The quantitative estimate of drug-likeness (QED) is 0.853. The van der Waals surface area contributed by atoms with Gasteiger partial charge in [-0.15, -0.1) is 0 Å². The molecule has 0 aliphatic carbocycles. The lowest BCUT2D eigenvalue weighted by molar-refractivity contribution is 0.577. The fraction of sp³-hybridized carbons (Fsp3) is 0.333. The number of imidazole rings is 1. The van der Waals surface area contributed by atoms with Crippen molar-refractivity contribution in [1.29, 1.82) is 0 Å². The summed E-state index contributed by atoms with van der Waals surface area (Å²) in [7, 11) is 0. The van der Waals surface area contributed by atoms with Gasteiger partial charge in [0.15, 0.2) is 0 Å². The molecule has 1 N–H and O–H groups in total. The molecule has 0 amide bonds. The van der Waals surface area contributed by atoms with E-state index < -0.39 is 0 Å². The largest absolute Gasteiger partial charge is 0.378 e. The van der Waals surface area contributed by atoms with Crippen molar-refractivity contribution in [3.8, 4) is 0 Å². The Morgan fingerprint density at radius 1 is 1.31 bits per heavy atom. The normalized spacial score (nSPS) is 10.7. The first-order valence-corrected chi connectivity index (χ1v) is 5.42. The number of hydrogen-bond acceptors (Lipinski definition) is 3. The van der Waals surface area contributed by atoms with Crippen LogP contribution in [-0.2, 0) is 6.54 Å². The lowest BCUT2D eigenvalue weighted by Gasteiger charge is -2.12. The minimum atomic E-state index is 0.438. The lowest BCUT2D eigenvalue weighted by Crippen LogP contribution is -2.08. The second-order valence-corrected chi connectivity index (χ2v) is 3.98. The monoisotopic (exact) mass is 216 g/mol. The number of pyridine rings is 1. The van der Waals surface area contributed by atoms with Crippen molar-refractivity contribution in [1.82, 2.24) is 14.5 Å². The second kappa shape index (κ2) is 4.79. The first-order valence-electron chi connectivity index (χ1n) is 5.42. The molecule has 0 aliphatic rings. The molecule has 0 aromatic carbocycles. The van der Waals surface area contributed by atoms with Gasteiger partial charge in [-0.2, -0.15) is 0 Å². The van der Waals surface area contributed by atoms with E-state index in [0.717, 1.165) is 12.2 Å². The first kappa shape index (κ1) is 10.7. The van der Waals surface area contributed by atoms with E-state index >= 15 is 0 Å². The fourth-order valence-corrected chi connectivity index (χ4v) is 1.59. The molecule has 0 fully saturated rings. The van der Waals surface area contributed by atoms with Crippen molar-refractivity contribution in [2.24, 2.45) is 0 Å². The molecule has 2 aromatic heterocycles. The van der Waals surface area contributed by atoms with Crippen molar-refractivity contribution in [3.05, 3.63) is 42.7 Å². The Morgan fingerprint density at radius 2 is 2.19 bits per heavy atom. The van der Waals surface area contributed by atoms with Crippen LogP contribution in [0.25, 0.3) is 0 Å². The molecule has 4 nitrogen and oxygen atoms in total. The van der Waals surface area contributed by atoms with Crippen molar-refractivity contribution in [2.45, 2.75) is 26.4 Å². The summed E-state index contributed by atoms with van der Waals surface area (Å²) < 4.78 is 2.16. The van der Waals surface area contributed by atoms with Crippen LogP contribution in [0.2, 0.25) is 0 Å². The average molecular weight is 216 g/mol. The van der Waals surface area contributed by atoms with E-state index in [0.29, 0.717) is 6.04 Å². The fourth-order valence-electron chi connectivity index (χ4n) is 1.59. The molecule has 84 valence electrons.